The normalized spacial score (nSPS) is 10.1. The van der Waals surface area contributed by atoms with E-state index in [-0.39, 0.29) is 5.91 Å². The number of amides is 1. The van der Waals surface area contributed by atoms with Gasteiger partial charge in [-0.25, -0.2) is 0 Å². The van der Waals surface area contributed by atoms with Gasteiger partial charge >= 0.3 is 0 Å². The number of alkyl halides is 1. The zero-order chi connectivity index (χ0) is 10.2. The van der Waals surface area contributed by atoms with E-state index in [1.165, 1.54) is 0 Å². The van der Waals surface area contributed by atoms with Gasteiger partial charge in [-0.3, -0.25) is 4.79 Å². The predicted octanol–water partition coefficient (Wildman–Crippen LogP) is 0.679. The van der Waals surface area contributed by atoms with Crippen molar-refractivity contribution in [3.63, 3.8) is 0 Å². The molecule has 0 fully saturated rings. The molecule has 1 aromatic heterocycles. The van der Waals surface area contributed by atoms with Gasteiger partial charge < -0.3 is 10.1 Å². The van der Waals surface area contributed by atoms with E-state index in [9.17, 15) is 4.79 Å². The Morgan fingerprint density at radius 2 is 2.50 bits per heavy atom. The molecule has 5 nitrogen and oxygen atoms in total. The lowest BCUT2D eigenvalue weighted by Gasteiger charge is -2.02. The summed E-state index contributed by atoms with van der Waals surface area (Å²) in [6, 6.07) is 0. The minimum absolute atomic E-state index is 0.207. The number of rotatable bonds is 6. The molecule has 78 valence electrons. The van der Waals surface area contributed by atoms with E-state index in [4.69, 9.17) is 4.74 Å². The van der Waals surface area contributed by atoms with Crippen LogP contribution in [0.4, 0.5) is 0 Å². The highest BCUT2D eigenvalue weighted by Crippen LogP contribution is 1.95. The molecule has 14 heavy (non-hydrogen) atoms. The molecule has 0 aliphatic rings. The lowest BCUT2D eigenvalue weighted by molar-refractivity contribution is 0.0919. The van der Waals surface area contributed by atoms with Gasteiger partial charge in [0.2, 0.25) is 0 Å². The zero-order valence-corrected chi connectivity index (χ0v) is 9.81. The van der Waals surface area contributed by atoms with Crippen molar-refractivity contribution >= 4 is 33.4 Å². The van der Waals surface area contributed by atoms with E-state index in [1.807, 2.05) is 0 Å². The summed E-state index contributed by atoms with van der Waals surface area (Å²) in [5.74, 6) is -0.207. The van der Waals surface area contributed by atoms with E-state index >= 15 is 0 Å². The number of hydrogen-bond acceptors (Lipinski definition) is 5. The highest BCUT2D eigenvalue weighted by molar-refractivity contribution is 9.09. The third-order valence-electron chi connectivity index (χ3n) is 1.35. The van der Waals surface area contributed by atoms with Crippen molar-refractivity contribution in [3.8, 4) is 0 Å². The van der Waals surface area contributed by atoms with Crippen molar-refractivity contribution in [1.29, 1.82) is 0 Å². The van der Waals surface area contributed by atoms with Crippen LogP contribution in [0.2, 0.25) is 0 Å². The number of carbonyl (C=O) groups is 1. The maximum absolute atomic E-state index is 11.3. The molecule has 0 bridgehead atoms. The van der Waals surface area contributed by atoms with Crippen molar-refractivity contribution < 1.29 is 9.53 Å². The summed E-state index contributed by atoms with van der Waals surface area (Å²) in [7, 11) is 0. The standard InChI is InChI=1S/C7H10BrN3O2S/c8-1-3-13-4-2-9-7(12)6-5-14-11-10-6/h5H,1-4H2,(H,9,12). The van der Waals surface area contributed by atoms with Gasteiger partial charge in [-0.15, -0.1) is 5.10 Å². The molecule has 0 radical (unpaired) electrons. The van der Waals surface area contributed by atoms with Crippen LogP contribution in [0.15, 0.2) is 5.38 Å². The van der Waals surface area contributed by atoms with E-state index < -0.39 is 0 Å². The Labute approximate surface area is 94.1 Å². The second kappa shape index (κ2) is 6.86. The van der Waals surface area contributed by atoms with Crippen LogP contribution in [-0.2, 0) is 4.74 Å². The third kappa shape index (κ3) is 4.12. The quantitative estimate of drug-likeness (QED) is 0.615. The van der Waals surface area contributed by atoms with Crippen LogP contribution in [0.1, 0.15) is 10.5 Å². The van der Waals surface area contributed by atoms with Crippen LogP contribution in [-0.4, -0.2) is 40.6 Å². The van der Waals surface area contributed by atoms with Crippen LogP contribution in [0, 0.1) is 0 Å². The van der Waals surface area contributed by atoms with Gasteiger partial charge in [0.1, 0.15) is 0 Å². The number of ether oxygens (including phenoxy) is 1. The fourth-order valence-electron chi connectivity index (χ4n) is 0.747. The molecule has 1 rings (SSSR count). The number of aromatic nitrogens is 2. The molecule has 1 amide bonds. The van der Waals surface area contributed by atoms with E-state index in [2.05, 4.69) is 30.8 Å². The molecule has 1 N–H and O–H groups in total. The fraction of sp³-hybridized carbons (Fsp3) is 0.571. The molecular weight excluding hydrogens is 270 g/mol. The van der Waals surface area contributed by atoms with Gasteiger partial charge in [-0.2, -0.15) is 0 Å². The Kier molecular flexibility index (Phi) is 5.65. The minimum atomic E-state index is -0.207. The number of nitrogens with one attached hydrogen (secondary N) is 1. The predicted molar refractivity (Wildman–Crippen MR) is 56.9 cm³/mol. The maximum Gasteiger partial charge on any atom is 0.272 e. The van der Waals surface area contributed by atoms with Crippen molar-refractivity contribution in [2.45, 2.75) is 0 Å². The number of halogens is 1. The van der Waals surface area contributed by atoms with Gasteiger partial charge in [-0.1, -0.05) is 20.4 Å². The van der Waals surface area contributed by atoms with E-state index in [1.54, 1.807) is 5.38 Å². The summed E-state index contributed by atoms with van der Waals surface area (Å²) in [5, 5.41) is 8.72. The summed E-state index contributed by atoms with van der Waals surface area (Å²) in [6.45, 7) is 1.65. The van der Waals surface area contributed by atoms with Crippen molar-refractivity contribution in [2.75, 3.05) is 25.1 Å². The second-order valence-corrected chi connectivity index (χ2v) is 3.75. The molecule has 0 saturated heterocycles. The Bertz CT molecular complexity index is 268. The van der Waals surface area contributed by atoms with Gasteiger partial charge in [0.05, 0.1) is 13.2 Å². The van der Waals surface area contributed by atoms with E-state index in [0.29, 0.717) is 25.5 Å². The first-order valence-electron chi connectivity index (χ1n) is 4.03. The third-order valence-corrected chi connectivity index (χ3v) is 2.17. The summed E-state index contributed by atoms with van der Waals surface area (Å²) in [4.78, 5) is 11.3. The van der Waals surface area contributed by atoms with Crippen LogP contribution < -0.4 is 5.32 Å². The van der Waals surface area contributed by atoms with Crippen molar-refractivity contribution in [1.82, 2.24) is 14.9 Å². The van der Waals surface area contributed by atoms with Gasteiger partial charge in [0.15, 0.2) is 5.69 Å². The Balaban J connectivity index is 2.10. The molecule has 0 aliphatic heterocycles. The van der Waals surface area contributed by atoms with Gasteiger partial charge in [0.25, 0.3) is 5.91 Å². The lowest BCUT2D eigenvalue weighted by Crippen LogP contribution is -2.27. The first-order chi connectivity index (χ1) is 6.84. The fourth-order valence-corrected chi connectivity index (χ4v) is 1.41. The average molecular weight is 280 g/mol. The Hall–Kier alpha value is -0.530. The van der Waals surface area contributed by atoms with Crippen molar-refractivity contribution in [3.05, 3.63) is 11.1 Å². The van der Waals surface area contributed by atoms with E-state index in [0.717, 1.165) is 16.9 Å². The molecule has 1 heterocycles. The summed E-state index contributed by atoms with van der Waals surface area (Å²) in [6.07, 6.45) is 0. The maximum atomic E-state index is 11.3. The number of nitrogens with zero attached hydrogens (tertiary/aromatic N) is 2. The first kappa shape index (κ1) is 11.5. The topological polar surface area (TPSA) is 64.1 Å². The monoisotopic (exact) mass is 279 g/mol. The molecule has 0 aliphatic carbocycles. The molecule has 0 atom stereocenters. The minimum Gasteiger partial charge on any atom is -0.379 e. The number of hydrogen-bond donors (Lipinski definition) is 1. The molecule has 1 aromatic rings. The smallest absolute Gasteiger partial charge is 0.272 e. The summed E-state index contributed by atoms with van der Waals surface area (Å²) in [5.41, 5.74) is 0.357. The SMILES string of the molecule is O=C(NCCOCCBr)c1csnn1. The van der Waals surface area contributed by atoms with Gasteiger partial charge in [-0.05, 0) is 11.5 Å². The summed E-state index contributed by atoms with van der Waals surface area (Å²) >= 11 is 4.39. The Morgan fingerprint density at radius 3 is 3.14 bits per heavy atom. The van der Waals surface area contributed by atoms with Crippen molar-refractivity contribution in [2.24, 2.45) is 0 Å². The first-order valence-corrected chi connectivity index (χ1v) is 5.99. The lowest BCUT2D eigenvalue weighted by atomic mass is 10.4. The van der Waals surface area contributed by atoms with Crippen LogP contribution in [0.5, 0.6) is 0 Å². The van der Waals surface area contributed by atoms with Gasteiger partial charge in [0, 0.05) is 17.3 Å². The Morgan fingerprint density at radius 1 is 1.64 bits per heavy atom. The summed E-state index contributed by atoms with van der Waals surface area (Å²) < 4.78 is 8.75. The second-order valence-electron chi connectivity index (χ2n) is 2.35. The molecule has 0 aromatic carbocycles. The molecular formula is C7H10BrN3O2S. The highest BCUT2D eigenvalue weighted by atomic mass is 79.9. The molecule has 7 heteroatoms. The largest absolute Gasteiger partial charge is 0.379 e. The average Bonchev–Trinajstić information content (AvgIpc) is 2.70. The zero-order valence-electron chi connectivity index (χ0n) is 7.40. The molecule has 0 saturated carbocycles. The molecule has 0 unspecified atom stereocenters. The highest BCUT2D eigenvalue weighted by Gasteiger charge is 2.06. The van der Waals surface area contributed by atoms with Crippen LogP contribution in [0.25, 0.3) is 0 Å². The van der Waals surface area contributed by atoms with Crippen LogP contribution >= 0.6 is 27.5 Å². The number of carbonyl (C=O) groups excluding carboxylic acids is 1. The molecule has 0 spiro atoms. The van der Waals surface area contributed by atoms with Crippen LogP contribution in [0.3, 0.4) is 0 Å².